The van der Waals surface area contributed by atoms with Gasteiger partial charge in [0.25, 0.3) is 6.36 Å². The quantitative estimate of drug-likeness (QED) is 0.491. The lowest BCUT2D eigenvalue weighted by Crippen LogP contribution is -2.34. The normalized spacial score (nSPS) is 45.9. The van der Waals surface area contributed by atoms with Gasteiger partial charge in [0.2, 0.25) is 12.5 Å². The summed E-state index contributed by atoms with van der Waals surface area (Å²) in [6.45, 7) is 0. The lowest BCUT2D eigenvalue weighted by Gasteiger charge is -2.09. The first-order valence-corrected chi connectivity index (χ1v) is 2.41. The molecule has 1 heterocycles. The van der Waals surface area contributed by atoms with E-state index in [2.05, 4.69) is 4.74 Å². The largest absolute Gasteiger partial charge is 0.338 e. The second-order valence-corrected chi connectivity index (χ2v) is 1.88. The molecule has 0 aromatic heterocycles. The number of ether oxygens (including phenoxy) is 1. The summed E-state index contributed by atoms with van der Waals surface area (Å²) in [5.74, 6) is -4.35. The van der Waals surface area contributed by atoms with Gasteiger partial charge < -0.3 is 4.74 Å². The first-order chi connectivity index (χ1) is 4.46. The van der Waals surface area contributed by atoms with Gasteiger partial charge in [0.1, 0.15) is 0 Å². The number of hydrogen-bond acceptors (Lipinski definition) is 1. The van der Waals surface area contributed by atoms with Crippen molar-refractivity contribution in [1.29, 1.82) is 0 Å². The van der Waals surface area contributed by atoms with Crippen molar-refractivity contribution in [2.75, 3.05) is 0 Å². The molecule has 1 aliphatic rings. The molecule has 1 fully saturated rings. The summed E-state index contributed by atoms with van der Waals surface area (Å²) in [4.78, 5) is 0. The molecular weight excluding hydrogens is 159 g/mol. The second kappa shape index (κ2) is 2.05. The van der Waals surface area contributed by atoms with Gasteiger partial charge in [0.15, 0.2) is 0 Å². The molecule has 1 aliphatic heterocycles. The van der Waals surface area contributed by atoms with Gasteiger partial charge in [-0.15, -0.1) is 0 Å². The third-order valence-electron chi connectivity index (χ3n) is 1.15. The van der Waals surface area contributed by atoms with Crippen LogP contribution in [0.2, 0.25) is 0 Å². The first-order valence-electron chi connectivity index (χ1n) is 2.41. The molecule has 10 heavy (non-hydrogen) atoms. The molecule has 60 valence electrons. The predicted molar refractivity (Wildman–Crippen MR) is 20.7 cm³/mol. The summed E-state index contributed by atoms with van der Waals surface area (Å²) >= 11 is 0. The van der Waals surface area contributed by atoms with Gasteiger partial charge in [0, 0.05) is 0 Å². The Balaban J connectivity index is 2.75. The molecule has 0 aliphatic carbocycles. The molecule has 0 amide bonds. The molecule has 0 N–H and O–H groups in total. The van der Waals surface area contributed by atoms with E-state index in [9.17, 15) is 22.0 Å². The fourth-order valence-electron chi connectivity index (χ4n) is 0.574. The molecule has 0 radical (unpaired) electrons. The highest BCUT2D eigenvalue weighted by atomic mass is 19.3. The summed E-state index contributed by atoms with van der Waals surface area (Å²) in [7, 11) is 0. The van der Waals surface area contributed by atoms with Crippen LogP contribution in [0, 0.1) is 0 Å². The zero-order chi connectivity index (χ0) is 7.94. The van der Waals surface area contributed by atoms with Gasteiger partial charge in [-0.2, -0.15) is 8.78 Å². The Morgan fingerprint density at radius 1 is 1.10 bits per heavy atom. The first kappa shape index (κ1) is 7.71. The third kappa shape index (κ3) is 0.865. The van der Waals surface area contributed by atoms with Crippen molar-refractivity contribution in [1.82, 2.24) is 0 Å². The van der Waals surface area contributed by atoms with Crippen LogP contribution in [-0.4, -0.2) is 24.8 Å². The summed E-state index contributed by atoms with van der Waals surface area (Å²) in [6, 6.07) is 0. The Kier molecular flexibility index (Phi) is 1.58. The van der Waals surface area contributed by atoms with Crippen LogP contribution in [0.1, 0.15) is 0 Å². The number of rotatable bonds is 0. The molecule has 3 atom stereocenters. The van der Waals surface area contributed by atoms with Gasteiger partial charge in [-0.05, 0) is 0 Å². The van der Waals surface area contributed by atoms with Crippen molar-refractivity contribution in [2.24, 2.45) is 0 Å². The zero-order valence-corrected chi connectivity index (χ0v) is 4.53. The SMILES string of the molecule is F[C@@H]1[C@@H](F)O[C@H](F)C1(F)F. The maximum absolute atomic E-state index is 11.9. The van der Waals surface area contributed by atoms with Gasteiger partial charge >= 0.3 is 5.92 Å². The number of alkyl halides is 5. The van der Waals surface area contributed by atoms with Crippen molar-refractivity contribution in [3.8, 4) is 0 Å². The minimum atomic E-state index is -4.35. The van der Waals surface area contributed by atoms with Gasteiger partial charge in [-0.25, -0.2) is 13.2 Å². The highest BCUT2D eigenvalue weighted by Gasteiger charge is 2.61. The fraction of sp³-hybridized carbons (Fsp3) is 1.00. The maximum Gasteiger partial charge on any atom is 0.338 e. The Bertz CT molecular complexity index is 138. The molecular formula is C4H3F5O. The van der Waals surface area contributed by atoms with Crippen molar-refractivity contribution < 1.29 is 26.7 Å². The minimum absolute atomic E-state index is 2.86. The van der Waals surface area contributed by atoms with Crippen LogP contribution in [-0.2, 0) is 4.74 Å². The van der Waals surface area contributed by atoms with Crippen molar-refractivity contribution in [3.63, 3.8) is 0 Å². The molecule has 0 unspecified atom stereocenters. The molecule has 0 aromatic rings. The van der Waals surface area contributed by atoms with Crippen molar-refractivity contribution in [2.45, 2.75) is 24.8 Å². The topological polar surface area (TPSA) is 9.23 Å². The molecule has 1 nitrogen and oxygen atoms in total. The van der Waals surface area contributed by atoms with Crippen LogP contribution in [0.3, 0.4) is 0 Å². The van der Waals surface area contributed by atoms with E-state index in [1.165, 1.54) is 0 Å². The van der Waals surface area contributed by atoms with E-state index in [1.807, 2.05) is 0 Å². The van der Waals surface area contributed by atoms with Crippen LogP contribution in [0.15, 0.2) is 0 Å². The Morgan fingerprint density at radius 3 is 1.70 bits per heavy atom. The molecule has 0 saturated carbocycles. The molecule has 1 rings (SSSR count). The second-order valence-electron chi connectivity index (χ2n) is 1.88. The Hall–Kier alpha value is -0.390. The number of halogens is 5. The zero-order valence-electron chi connectivity index (χ0n) is 4.53. The van der Waals surface area contributed by atoms with Crippen molar-refractivity contribution >= 4 is 0 Å². The van der Waals surface area contributed by atoms with Gasteiger partial charge in [0.05, 0.1) is 0 Å². The van der Waals surface area contributed by atoms with E-state index in [4.69, 9.17) is 0 Å². The molecule has 0 spiro atoms. The smallest absolute Gasteiger partial charge is 0.305 e. The monoisotopic (exact) mass is 162 g/mol. The van der Waals surface area contributed by atoms with Crippen LogP contribution in [0.5, 0.6) is 0 Å². The van der Waals surface area contributed by atoms with Gasteiger partial charge in [-0.1, -0.05) is 0 Å². The van der Waals surface area contributed by atoms with Gasteiger partial charge in [-0.3, -0.25) is 0 Å². The highest BCUT2D eigenvalue weighted by Crippen LogP contribution is 2.39. The van der Waals surface area contributed by atoms with E-state index in [0.29, 0.717) is 0 Å². The highest BCUT2D eigenvalue weighted by molar-refractivity contribution is 4.88. The summed E-state index contributed by atoms with van der Waals surface area (Å²) in [5.41, 5.74) is 0. The number of hydrogen-bond donors (Lipinski definition) is 0. The Morgan fingerprint density at radius 2 is 1.60 bits per heavy atom. The molecule has 6 heteroatoms. The summed E-state index contributed by atoms with van der Waals surface area (Å²) in [5, 5.41) is 0. The average molecular weight is 162 g/mol. The summed E-state index contributed by atoms with van der Waals surface area (Å²) in [6.07, 6.45) is -9.22. The van der Waals surface area contributed by atoms with Crippen LogP contribution < -0.4 is 0 Å². The van der Waals surface area contributed by atoms with Crippen LogP contribution in [0.4, 0.5) is 22.0 Å². The Labute approximate surface area is 52.8 Å². The summed E-state index contributed by atoms with van der Waals surface area (Å²) < 4.78 is 62.3. The van der Waals surface area contributed by atoms with Crippen LogP contribution in [0.25, 0.3) is 0 Å². The fourth-order valence-corrected chi connectivity index (χ4v) is 0.574. The lowest BCUT2D eigenvalue weighted by molar-refractivity contribution is -0.158. The van der Waals surface area contributed by atoms with E-state index in [0.717, 1.165) is 0 Å². The third-order valence-corrected chi connectivity index (χ3v) is 1.15. The predicted octanol–water partition coefficient (Wildman–Crippen LogP) is 1.58. The maximum atomic E-state index is 11.9. The molecule has 0 aromatic carbocycles. The van der Waals surface area contributed by atoms with E-state index in [1.54, 1.807) is 0 Å². The standard InChI is InChI=1S/C4H3F5O/c5-1-2(6)10-3(7)4(1,8)9/h1-3H/t1-,2+,3+/m1/s1. The van der Waals surface area contributed by atoms with Crippen LogP contribution >= 0.6 is 0 Å². The van der Waals surface area contributed by atoms with Crippen molar-refractivity contribution in [3.05, 3.63) is 0 Å². The molecule has 1 saturated heterocycles. The minimum Gasteiger partial charge on any atom is -0.305 e. The average Bonchev–Trinajstić information content (AvgIpc) is 1.97. The molecule has 0 bridgehead atoms. The van der Waals surface area contributed by atoms with E-state index < -0.39 is 24.8 Å². The lowest BCUT2D eigenvalue weighted by atomic mass is 10.2. The van der Waals surface area contributed by atoms with E-state index >= 15 is 0 Å². The van der Waals surface area contributed by atoms with E-state index in [-0.39, 0.29) is 0 Å².